The first-order valence-corrected chi connectivity index (χ1v) is 9.41. The van der Waals surface area contributed by atoms with E-state index in [2.05, 4.69) is 35.4 Å². The van der Waals surface area contributed by atoms with E-state index in [9.17, 15) is 15.0 Å². The number of hydrogen-bond donors (Lipinski definition) is 3. The Morgan fingerprint density at radius 2 is 2.12 bits per heavy atom. The minimum Gasteiger partial charge on any atom is -0.389 e. The van der Waals surface area contributed by atoms with Crippen LogP contribution in [0.15, 0.2) is 23.8 Å². The summed E-state index contributed by atoms with van der Waals surface area (Å²) >= 11 is 0. The Bertz CT molecular complexity index is 630. The number of nitrogens with zero attached hydrogens (tertiary/aromatic N) is 1. The molecule has 0 aromatic carbocycles. The van der Waals surface area contributed by atoms with Gasteiger partial charge in [-0.3, -0.25) is 9.69 Å². The Balaban J connectivity index is 2.36. The molecule has 5 heteroatoms. The van der Waals surface area contributed by atoms with Gasteiger partial charge in [-0.25, -0.2) is 0 Å². The van der Waals surface area contributed by atoms with Crippen LogP contribution in [0.25, 0.3) is 0 Å². The van der Waals surface area contributed by atoms with Gasteiger partial charge in [0.2, 0.25) is 0 Å². The molecule has 2 fully saturated rings. The van der Waals surface area contributed by atoms with E-state index in [0.29, 0.717) is 6.42 Å². The van der Waals surface area contributed by atoms with Crippen molar-refractivity contribution in [2.75, 3.05) is 20.1 Å². The quantitative estimate of drug-likeness (QED) is 0.667. The van der Waals surface area contributed by atoms with Crippen LogP contribution in [0.1, 0.15) is 40.5 Å². The fourth-order valence-electron chi connectivity index (χ4n) is 6.23. The van der Waals surface area contributed by atoms with E-state index in [-0.39, 0.29) is 17.2 Å². The third-order valence-electron chi connectivity index (χ3n) is 7.46. The number of nitrogens with one attached hydrogen (secondary N) is 1. The molecule has 3 rings (SSSR count). The van der Waals surface area contributed by atoms with Crippen molar-refractivity contribution in [1.29, 1.82) is 0 Å². The van der Waals surface area contributed by atoms with Gasteiger partial charge in [0, 0.05) is 23.4 Å². The zero-order chi connectivity index (χ0) is 18.6. The molecule has 0 spiro atoms. The van der Waals surface area contributed by atoms with Crippen molar-refractivity contribution in [3.05, 3.63) is 23.8 Å². The fourth-order valence-corrected chi connectivity index (χ4v) is 6.23. The predicted molar refractivity (Wildman–Crippen MR) is 98.2 cm³/mol. The van der Waals surface area contributed by atoms with Gasteiger partial charge in [0.05, 0.1) is 6.04 Å². The van der Waals surface area contributed by atoms with E-state index in [1.807, 2.05) is 13.8 Å². The van der Waals surface area contributed by atoms with Crippen LogP contribution in [0.4, 0.5) is 0 Å². The molecule has 2 aliphatic heterocycles. The topological polar surface area (TPSA) is 72.8 Å². The number of carbonyl (C=O) groups excluding carboxylic acids is 1. The maximum Gasteiger partial charge on any atom is 0.165 e. The molecule has 0 radical (unpaired) electrons. The van der Waals surface area contributed by atoms with E-state index in [0.717, 1.165) is 19.5 Å². The molecule has 1 saturated carbocycles. The van der Waals surface area contributed by atoms with E-state index >= 15 is 0 Å². The van der Waals surface area contributed by atoms with Gasteiger partial charge < -0.3 is 15.5 Å². The average Bonchev–Trinajstić information content (AvgIpc) is 3.01. The molecule has 6 atom stereocenters. The van der Waals surface area contributed by atoms with Crippen molar-refractivity contribution in [3.63, 3.8) is 0 Å². The first kappa shape index (κ1) is 18.8. The van der Waals surface area contributed by atoms with Crippen LogP contribution >= 0.6 is 0 Å². The summed E-state index contributed by atoms with van der Waals surface area (Å²) in [6, 6.07) is -0.455. The SMILES string of the molecule is CC=C(C)C12CCN3CC=CC(CC)(C(O)C(O)(C(C)=O)C1NC)C32. The average molecular weight is 348 g/mol. The van der Waals surface area contributed by atoms with Gasteiger partial charge in [-0.15, -0.1) is 0 Å². The number of aliphatic hydroxyl groups is 2. The molecule has 5 nitrogen and oxygen atoms in total. The molecule has 3 aliphatic rings. The third kappa shape index (κ3) is 2.01. The van der Waals surface area contributed by atoms with Gasteiger partial charge in [0.1, 0.15) is 6.10 Å². The van der Waals surface area contributed by atoms with Gasteiger partial charge in [-0.2, -0.15) is 0 Å². The van der Waals surface area contributed by atoms with Crippen molar-refractivity contribution < 1.29 is 15.0 Å². The molecular weight excluding hydrogens is 316 g/mol. The molecule has 0 amide bonds. The molecule has 0 bridgehead atoms. The van der Waals surface area contributed by atoms with Gasteiger partial charge in [-0.05, 0) is 47.2 Å². The summed E-state index contributed by atoms with van der Waals surface area (Å²) in [5.74, 6) is -0.369. The van der Waals surface area contributed by atoms with E-state index < -0.39 is 23.2 Å². The molecule has 0 aromatic rings. The second-order valence-corrected chi connectivity index (χ2v) is 8.03. The molecule has 0 aromatic heterocycles. The zero-order valence-corrected chi connectivity index (χ0v) is 16.0. The maximum atomic E-state index is 12.7. The summed E-state index contributed by atoms with van der Waals surface area (Å²) in [5.41, 5.74) is -1.65. The summed E-state index contributed by atoms with van der Waals surface area (Å²) in [6.07, 6.45) is 6.67. The highest BCUT2D eigenvalue weighted by atomic mass is 16.4. The lowest BCUT2D eigenvalue weighted by atomic mass is 9.46. The van der Waals surface area contributed by atoms with Crippen LogP contribution in [-0.2, 0) is 4.79 Å². The molecule has 140 valence electrons. The monoisotopic (exact) mass is 348 g/mol. The summed E-state index contributed by atoms with van der Waals surface area (Å²) in [5, 5.41) is 26.2. The maximum absolute atomic E-state index is 12.7. The first-order chi connectivity index (χ1) is 11.8. The van der Waals surface area contributed by atoms with Crippen molar-refractivity contribution >= 4 is 5.78 Å². The third-order valence-corrected chi connectivity index (χ3v) is 7.46. The summed E-state index contributed by atoms with van der Waals surface area (Å²) in [6.45, 7) is 9.32. The number of rotatable bonds is 4. The molecule has 25 heavy (non-hydrogen) atoms. The summed E-state index contributed by atoms with van der Waals surface area (Å²) in [7, 11) is 1.79. The number of Topliss-reactive ketones (excluding diaryl/α,β-unsaturated/α-hetero) is 1. The van der Waals surface area contributed by atoms with Crippen LogP contribution in [0.5, 0.6) is 0 Å². The zero-order valence-electron chi connectivity index (χ0n) is 16.0. The lowest BCUT2D eigenvalue weighted by Crippen LogP contribution is -2.80. The highest BCUT2D eigenvalue weighted by Crippen LogP contribution is 2.63. The Hall–Kier alpha value is -1.01. The number of hydrogen-bond acceptors (Lipinski definition) is 5. The largest absolute Gasteiger partial charge is 0.389 e. The Labute approximate surface area is 150 Å². The highest BCUT2D eigenvalue weighted by molar-refractivity contribution is 5.87. The van der Waals surface area contributed by atoms with Crippen molar-refractivity contribution in [1.82, 2.24) is 10.2 Å². The van der Waals surface area contributed by atoms with Crippen LogP contribution in [0.2, 0.25) is 0 Å². The lowest BCUT2D eigenvalue weighted by Gasteiger charge is -2.64. The Morgan fingerprint density at radius 1 is 1.44 bits per heavy atom. The van der Waals surface area contributed by atoms with E-state index in [1.165, 1.54) is 12.5 Å². The normalized spacial score (nSPS) is 47.0. The second-order valence-electron chi connectivity index (χ2n) is 8.03. The molecule has 2 heterocycles. The van der Waals surface area contributed by atoms with Gasteiger partial charge in [0.15, 0.2) is 11.4 Å². The second kappa shape index (κ2) is 6.02. The van der Waals surface area contributed by atoms with E-state index in [1.54, 1.807) is 7.05 Å². The van der Waals surface area contributed by atoms with Gasteiger partial charge >= 0.3 is 0 Å². The molecule has 3 N–H and O–H groups in total. The van der Waals surface area contributed by atoms with Gasteiger partial charge in [0.25, 0.3) is 0 Å². The lowest BCUT2D eigenvalue weighted by molar-refractivity contribution is -0.213. The van der Waals surface area contributed by atoms with Crippen molar-refractivity contribution in [2.24, 2.45) is 10.8 Å². The van der Waals surface area contributed by atoms with Crippen molar-refractivity contribution in [3.8, 4) is 0 Å². The van der Waals surface area contributed by atoms with Crippen molar-refractivity contribution in [2.45, 2.75) is 64.3 Å². The molecule has 6 unspecified atom stereocenters. The van der Waals surface area contributed by atoms with Gasteiger partial charge in [-0.1, -0.05) is 30.7 Å². The number of likely N-dealkylation sites (N-methyl/N-ethyl adjacent to an activating group) is 1. The molecule has 1 aliphatic carbocycles. The summed E-state index contributed by atoms with van der Waals surface area (Å²) in [4.78, 5) is 15.1. The van der Waals surface area contributed by atoms with E-state index in [4.69, 9.17) is 0 Å². The number of carbonyl (C=O) groups is 1. The van der Waals surface area contributed by atoms with Crippen LogP contribution in [0.3, 0.4) is 0 Å². The van der Waals surface area contributed by atoms with Crippen LogP contribution in [0, 0.1) is 10.8 Å². The minimum atomic E-state index is -1.82. The number of ketones is 1. The number of aliphatic hydroxyl groups excluding tert-OH is 1. The Morgan fingerprint density at radius 3 is 2.64 bits per heavy atom. The number of allylic oxidation sites excluding steroid dienone is 1. The fraction of sp³-hybridized carbons (Fsp3) is 0.750. The Kier molecular flexibility index (Phi) is 4.52. The highest BCUT2D eigenvalue weighted by Gasteiger charge is 2.74. The summed E-state index contributed by atoms with van der Waals surface area (Å²) < 4.78 is 0. The predicted octanol–water partition coefficient (Wildman–Crippen LogP) is 1.26. The smallest absolute Gasteiger partial charge is 0.165 e. The molecular formula is C20H32N2O3. The minimum absolute atomic E-state index is 0.0678. The first-order valence-electron chi connectivity index (χ1n) is 9.41. The van der Waals surface area contributed by atoms with Crippen LogP contribution in [-0.4, -0.2) is 64.8 Å². The van der Waals surface area contributed by atoms with Crippen LogP contribution < -0.4 is 5.32 Å². The molecule has 1 saturated heterocycles. The standard InChI is InChI=1S/C20H32N2O3/c1-6-13(3)19-10-12-22-11-8-9-18(7-2,16(19)22)17(24)20(25,14(4)23)15(19)21-5/h6,8-9,15-17,21,24-25H,7,10-12H2,1-5H3.